The average Bonchev–Trinajstić information content (AvgIpc) is 2.91. The van der Waals surface area contributed by atoms with Crippen molar-refractivity contribution in [3.05, 3.63) is 71.3 Å². The maximum absolute atomic E-state index is 13.1. The number of carbonyl (C=O) groups excluding carboxylic acids is 2. The van der Waals surface area contributed by atoms with Crippen LogP contribution in [0.2, 0.25) is 0 Å². The molecule has 0 radical (unpaired) electrons. The molecule has 8 nitrogen and oxygen atoms in total. The van der Waals surface area contributed by atoms with Crippen LogP contribution >= 0.6 is 0 Å². The fourth-order valence-corrected chi connectivity index (χ4v) is 4.71. The normalized spacial score (nSPS) is 19.0. The van der Waals surface area contributed by atoms with Crippen molar-refractivity contribution in [1.29, 1.82) is 5.41 Å². The number of rotatable bonds is 6. The molecule has 9 heteroatoms. The maximum atomic E-state index is 13.1. The van der Waals surface area contributed by atoms with Gasteiger partial charge in [0.15, 0.2) is 0 Å². The molecule has 0 aromatic heterocycles. The number of halogens is 1. The van der Waals surface area contributed by atoms with Crippen molar-refractivity contribution in [1.82, 2.24) is 15.5 Å². The van der Waals surface area contributed by atoms with E-state index < -0.39 is 5.91 Å². The van der Waals surface area contributed by atoms with E-state index >= 15 is 0 Å². The summed E-state index contributed by atoms with van der Waals surface area (Å²) in [6.07, 6.45) is 2.52. The molecule has 5 N–H and O–H groups in total. The van der Waals surface area contributed by atoms with Crippen LogP contribution < -0.4 is 21.1 Å². The molecule has 0 bridgehead atoms. The van der Waals surface area contributed by atoms with Crippen LogP contribution in [0.15, 0.2) is 59.9 Å². The van der Waals surface area contributed by atoms with E-state index in [0.29, 0.717) is 48.4 Å². The van der Waals surface area contributed by atoms with Crippen molar-refractivity contribution in [2.45, 2.75) is 32.2 Å². The maximum Gasteiger partial charge on any atom is 0.298 e. The first-order valence-corrected chi connectivity index (χ1v) is 12.2. The van der Waals surface area contributed by atoms with Crippen molar-refractivity contribution in [3.8, 4) is 23.3 Å². The highest BCUT2D eigenvalue weighted by Crippen LogP contribution is 2.26. The minimum atomic E-state index is -0.703. The number of nitrogens with zero attached hydrogens (tertiary/aromatic N) is 1. The second kappa shape index (κ2) is 11.6. The van der Waals surface area contributed by atoms with Gasteiger partial charge in [-0.2, -0.15) is 0 Å². The number of likely N-dealkylation sites (tertiary alicyclic amines) is 1. The third-order valence-electron chi connectivity index (χ3n) is 6.65. The van der Waals surface area contributed by atoms with Crippen LogP contribution in [0.3, 0.4) is 0 Å². The molecule has 0 spiro atoms. The fraction of sp³-hybridized carbons (Fsp3) is 0.321. The van der Waals surface area contributed by atoms with Gasteiger partial charge < -0.3 is 26.0 Å². The highest BCUT2D eigenvalue weighted by molar-refractivity contribution is 6.26. The molecule has 2 aromatic rings. The first-order valence-electron chi connectivity index (χ1n) is 12.2. The summed E-state index contributed by atoms with van der Waals surface area (Å²) < 4.78 is 18.8. The summed E-state index contributed by atoms with van der Waals surface area (Å²) in [5, 5.41) is 15.3. The van der Waals surface area contributed by atoms with Crippen molar-refractivity contribution in [2.24, 2.45) is 11.7 Å². The van der Waals surface area contributed by atoms with Gasteiger partial charge in [0.2, 0.25) is 0 Å². The van der Waals surface area contributed by atoms with Gasteiger partial charge in [0.25, 0.3) is 11.8 Å². The van der Waals surface area contributed by atoms with E-state index in [4.69, 9.17) is 15.9 Å². The standard InChI is InChI=1S/C28H30FN5O3/c1-2-3-24(35)34-16-13-18(14-17-34)23-12-15-32-28(33-23)25(27(31)36)26(30)19-4-8-21(9-5-19)37-22-10-6-20(29)7-11-22/h4-11,18,23,30,32-33H,12-17H2,1H3,(H2,31,36)/b28-25+,30-26?. The largest absolute Gasteiger partial charge is 0.457 e. The molecule has 2 aromatic carbocycles. The molecular formula is C28H30FN5O3. The third-order valence-corrected chi connectivity index (χ3v) is 6.65. The Morgan fingerprint density at radius 2 is 1.68 bits per heavy atom. The summed E-state index contributed by atoms with van der Waals surface area (Å²) in [7, 11) is 0. The number of hydrogen-bond acceptors (Lipinski definition) is 6. The number of benzene rings is 2. The molecule has 2 saturated heterocycles. The molecule has 0 saturated carbocycles. The monoisotopic (exact) mass is 503 g/mol. The molecule has 192 valence electrons. The predicted octanol–water partition coefficient (Wildman–Crippen LogP) is 2.90. The Morgan fingerprint density at radius 1 is 1.05 bits per heavy atom. The predicted molar refractivity (Wildman–Crippen MR) is 138 cm³/mol. The summed E-state index contributed by atoms with van der Waals surface area (Å²) in [6, 6.07) is 12.5. The number of ether oxygens (including phenoxy) is 1. The zero-order chi connectivity index (χ0) is 26.4. The second-order valence-electron chi connectivity index (χ2n) is 9.04. The average molecular weight is 504 g/mol. The SMILES string of the molecule is CC#CC(=O)N1CCC(C2CCN/C(=C(/C(=N)c3ccc(Oc4ccc(F)cc4)cc3)C(N)=O)N2)CC1. The number of nitrogens with one attached hydrogen (secondary N) is 3. The Balaban J connectivity index is 1.45. The summed E-state index contributed by atoms with van der Waals surface area (Å²) >= 11 is 0. The van der Waals surface area contributed by atoms with E-state index in [0.717, 1.165) is 19.3 Å². The van der Waals surface area contributed by atoms with E-state index in [2.05, 4.69) is 22.5 Å². The summed E-state index contributed by atoms with van der Waals surface area (Å²) in [5.74, 6) is 5.84. The number of nitrogens with two attached hydrogens (primary N) is 1. The lowest BCUT2D eigenvalue weighted by molar-refractivity contribution is -0.126. The zero-order valence-corrected chi connectivity index (χ0v) is 20.6. The topological polar surface area (TPSA) is 121 Å². The lowest BCUT2D eigenvalue weighted by atomic mass is 9.86. The number of amides is 2. The zero-order valence-electron chi connectivity index (χ0n) is 20.6. The fourth-order valence-electron chi connectivity index (χ4n) is 4.71. The van der Waals surface area contributed by atoms with Crippen LogP contribution in [-0.2, 0) is 9.59 Å². The molecule has 2 aliphatic rings. The number of primary amides is 1. The highest BCUT2D eigenvalue weighted by Gasteiger charge is 2.32. The molecule has 2 heterocycles. The van der Waals surface area contributed by atoms with E-state index in [-0.39, 0.29) is 29.1 Å². The van der Waals surface area contributed by atoms with Crippen LogP contribution in [-0.4, -0.2) is 48.1 Å². The first-order chi connectivity index (χ1) is 17.9. The second-order valence-corrected chi connectivity index (χ2v) is 9.04. The van der Waals surface area contributed by atoms with Crippen molar-refractivity contribution < 1.29 is 18.7 Å². The summed E-state index contributed by atoms with van der Waals surface area (Å²) in [6.45, 7) is 3.59. The van der Waals surface area contributed by atoms with Gasteiger partial charge in [-0.05, 0) is 86.6 Å². The summed E-state index contributed by atoms with van der Waals surface area (Å²) in [4.78, 5) is 26.3. The van der Waals surface area contributed by atoms with Gasteiger partial charge in [-0.25, -0.2) is 4.39 Å². The molecule has 1 atom stereocenters. The van der Waals surface area contributed by atoms with Gasteiger partial charge in [0, 0.05) is 31.2 Å². The smallest absolute Gasteiger partial charge is 0.298 e. The minimum Gasteiger partial charge on any atom is -0.457 e. The van der Waals surface area contributed by atoms with E-state index in [1.165, 1.54) is 24.3 Å². The van der Waals surface area contributed by atoms with Gasteiger partial charge in [-0.1, -0.05) is 5.92 Å². The molecule has 2 aliphatic heterocycles. The molecule has 1 unspecified atom stereocenters. The van der Waals surface area contributed by atoms with Crippen LogP contribution in [0, 0.1) is 29.0 Å². The number of piperidine rings is 1. The van der Waals surface area contributed by atoms with Crippen LogP contribution in [0.25, 0.3) is 0 Å². The Morgan fingerprint density at radius 3 is 2.27 bits per heavy atom. The highest BCUT2D eigenvalue weighted by atomic mass is 19.1. The molecule has 4 rings (SSSR count). The molecule has 37 heavy (non-hydrogen) atoms. The molecule has 2 fully saturated rings. The quantitative estimate of drug-likeness (QED) is 0.275. The summed E-state index contributed by atoms with van der Waals surface area (Å²) in [5.41, 5.74) is 6.31. The third kappa shape index (κ3) is 6.28. The van der Waals surface area contributed by atoms with Crippen molar-refractivity contribution >= 4 is 17.5 Å². The lowest BCUT2D eigenvalue weighted by Gasteiger charge is -2.39. The number of hydrogen-bond donors (Lipinski definition) is 4. The van der Waals surface area contributed by atoms with E-state index in [9.17, 15) is 14.0 Å². The number of carbonyl (C=O) groups is 2. The first kappa shape index (κ1) is 25.8. The Hall–Kier alpha value is -4.32. The van der Waals surface area contributed by atoms with Gasteiger partial charge >= 0.3 is 0 Å². The van der Waals surface area contributed by atoms with Crippen molar-refractivity contribution in [3.63, 3.8) is 0 Å². The van der Waals surface area contributed by atoms with Gasteiger partial charge in [0.05, 0.1) is 5.71 Å². The minimum absolute atomic E-state index is 0.00459. The molecular weight excluding hydrogens is 473 g/mol. The van der Waals surface area contributed by atoms with Crippen LogP contribution in [0.4, 0.5) is 4.39 Å². The Kier molecular flexibility index (Phi) is 8.08. The van der Waals surface area contributed by atoms with E-state index in [1.807, 2.05) is 0 Å². The Labute approximate surface area is 215 Å². The Bertz CT molecular complexity index is 1250. The van der Waals surface area contributed by atoms with Crippen LogP contribution in [0.5, 0.6) is 11.5 Å². The van der Waals surface area contributed by atoms with E-state index in [1.54, 1.807) is 36.1 Å². The van der Waals surface area contributed by atoms with Gasteiger partial charge in [0.1, 0.15) is 28.7 Å². The molecule has 0 aliphatic carbocycles. The van der Waals surface area contributed by atoms with Gasteiger partial charge in [-0.15, -0.1) is 0 Å². The van der Waals surface area contributed by atoms with Crippen molar-refractivity contribution in [2.75, 3.05) is 19.6 Å². The van der Waals surface area contributed by atoms with Gasteiger partial charge in [-0.3, -0.25) is 15.0 Å². The molecule has 2 amide bonds. The lowest BCUT2D eigenvalue weighted by Crippen LogP contribution is -2.51. The van der Waals surface area contributed by atoms with Crippen LogP contribution in [0.1, 0.15) is 31.7 Å².